The third kappa shape index (κ3) is 3.36. The summed E-state index contributed by atoms with van der Waals surface area (Å²) in [4.78, 5) is 21.6. The van der Waals surface area contributed by atoms with Crippen LogP contribution in [-0.4, -0.2) is 30.1 Å². The average Bonchev–Trinajstić information content (AvgIpc) is 3.16. The molecule has 2 aromatic heterocycles. The largest absolute Gasteiger partial charge is 0.479 e. The Bertz CT molecular complexity index is 833. The number of aromatic nitrogens is 2. The number of benzene rings is 1. The second-order valence-corrected chi connectivity index (χ2v) is 5.74. The maximum absolute atomic E-state index is 12.4. The Kier molecular flexibility index (Phi) is 4.72. The quantitative estimate of drug-likeness (QED) is 0.769. The number of rotatable bonds is 5. The van der Waals surface area contributed by atoms with E-state index in [9.17, 15) is 4.79 Å². The normalized spacial score (nSPS) is 10.2. The molecule has 7 heteroatoms. The van der Waals surface area contributed by atoms with Gasteiger partial charge < -0.3 is 14.8 Å². The number of hydrogen-bond acceptors (Lipinski definition) is 6. The van der Waals surface area contributed by atoms with Crippen LogP contribution >= 0.6 is 11.3 Å². The number of anilines is 1. The van der Waals surface area contributed by atoms with Crippen molar-refractivity contribution in [1.29, 1.82) is 0 Å². The van der Waals surface area contributed by atoms with Crippen molar-refractivity contribution in [2.24, 2.45) is 0 Å². The van der Waals surface area contributed by atoms with Crippen LogP contribution in [-0.2, 0) is 0 Å². The SMILES string of the molecule is COc1ncc(NC(=O)c2ccc(-c3cccs3)cc2)c(OC)n1. The molecule has 1 amide bonds. The van der Waals surface area contributed by atoms with Crippen LogP contribution in [0.5, 0.6) is 11.9 Å². The van der Waals surface area contributed by atoms with E-state index in [1.165, 1.54) is 20.4 Å². The summed E-state index contributed by atoms with van der Waals surface area (Å²) in [5.74, 6) is -0.0230. The van der Waals surface area contributed by atoms with Crippen molar-refractivity contribution < 1.29 is 14.3 Å². The number of methoxy groups -OCH3 is 2. The molecule has 0 radical (unpaired) electrons. The van der Waals surface area contributed by atoms with E-state index >= 15 is 0 Å². The molecule has 0 saturated carbocycles. The number of nitrogens with zero attached hydrogens (tertiary/aromatic N) is 2. The molecule has 6 nitrogen and oxygen atoms in total. The van der Waals surface area contributed by atoms with Crippen molar-refractivity contribution in [3.05, 3.63) is 53.5 Å². The van der Waals surface area contributed by atoms with Gasteiger partial charge in [-0.1, -0.05) is 18.2 Å². The lowest BCUT2D eigenvalue weighted by atomic mass is 10.1. The molecule has 0 spiro atoms. The molecule has 0 fully saturated rings. The van der Waals surface area contributed by atoms with Gasteiger partial charge in [0.15, 0.2) is 0 Å². The fourth-order valence-corrected chi connectivity index (χ4v) is 2.85. The predicted octanol–water partition coefficient (Wildman–Crippen LogP) is 3.47. The summed E-state index contributed by atoms with van der Waals surface area (Å²) >= 11 is 1.66. The van der Waals surface area contributed by atoms with Gasteiger partial charge in [0.2, 0.25) is 5.88 Å². The number of ether oxygens (including phenoxy) is 2. The van der Waals surface area contributed by atoms with Crippen LogP contribution in [0.1, 0.15) is 10.4 Å². The van der Waals surface area contributed by atoms with Gasteiger partial charge in [-0.2, -0.15) is 4.98 Å². The number of amides is 1. The first-order chi connectivity index (χ1) is 11.7. The fraction of sp³-hybridized carbons (Fsp3) is 0.118. The maximum atomic E-state index is 12.4. The smallest absolute Gasteiger partial charge is 0.319 e. The molecular formula is C17H15N3O3S. The highest BCUT2D eigenvalue weighted by Crippen LogP contribution is 2.26. The summed E-state index contributed by atoms with van der Waals surface area (Å²) in [6.07, 6.45) is 1.45. The second kappa shape index (κ2) is 7.10. The Morgan fingerprint density at radius 2 is 1.92 bits per heavy atom. The van der Waals surface area contributed by atoms with Crippen LogP contribution in [0.25, 0.3) is 10.4 Å². The Balaban J connectivity index is 1.77. The van der Waals surface area contributed by atoms with Crippen LogP contribution in [0, 0.1) is 0 Å². The molecule has 1 aromatic carbocycles. The van der Waals surface area contributed by atoms with E-state index in [1.54, 1.807) is 23.5 Å². The van der Waals surface area contributed by atoms with Crippen LogP contribution in [0.3, 0.4) is 0 Å². The lowest BCUT2D eigenvalue weighted by Gasteiger charge is -2.10. The van der Waals surface area contributed by atoms with E-state index in [0.717, 1.165) is 10.4 Å². The summed E-state index contributed by atoms with van der Waals surface area (Å²) in [6.45, 7) is 0. The summed E-state index contributed by atoms with van der Waals surface area (Å²) in [6, 6.07) is 11.6. The van der Waals surface area contributed by atoms with Gasteiger partial charge in [0, 0.05) is 10.4 Å². The molecular weight excluding hydrogens is 326 g/mol. The minimum atomic E-state index is -0.264. The lowest BCUT2D eigenvalue weighted by molar-refractivity contribution is 0.102. The number of carbonyl (C=O) groups is 1. The zero-order chi connectivity index (χ0) is 16.9. The summed E-state index contributed by atoms with van der Waals surface area (Å²) in [5.41, 5.74) is 1.99. The van der Waals surface area contributed by atoms with Crippen molar-refractivity contribution in [2.45, 2.75) is 0 Å². The molecule has 0 aliphatic rings. The molecule has 0 aliphatic heterocycles. The monoisotopic (exact) mass is 341 g/mol. The molecule has 1 N–H and O–H groups in total. The van der Waals surface area contributed by atoms with Crippen LogP contribution in [0.4, 0.5) is 5.69 Å². The zero-order valence-electron chi connectivity index (χ0n) is 13.1. The van der Waals surface area contributed by atoms with Crippen molar-refractivity contribution >= 4 is 22.9 Å². The van der Waals surface area contributed by atoms with Crippen LogP contribution in [0.2, 0.25) is 0 Å². The van der Waals surface area contributed by atoms with Gasteiger partial charge in [-0.3, -0.25) is 4.79 Å². The minimum absolute atomic E-state index is 0.171. The molecule has 3 rings (SSSR count). The molecule has 0 atom stereocenters. The highest BCUT2D eigenvalue weighted by Gasteiger charge is 2.13. The molecule has 122 valence electrons. The third-order valence-corrected chi connectivity index (χ3v) is 4.23. The Labute approximate surface area is 143 Å². The average molecular weight is 341 g/mol. The molecule has 0 unspecified atom stereocenters. The van der Waals surface area contributed by atoms with E-state index < -0.39 is 0 Å². The summed E-state index contributed by atoms with van der Waals surface area (Å²) < 4.78 is 10.1. The molecule has 24 heavy (non-hydrogen) atoms. The first kappa shape index (κ1) is 15.9. The molecule has 2 heterocycles. The van der Waals surface area contributed by atoms with E-state index in [1.807, 2.05) is 29.6 Å². The van der Waals surface area contributed by atoms with E-state index in [4.69, 9.17) is 9.47 Å². The zero-order valence-corrected chi connectivity index (χ0v) is 14.0. The Morgan fingerprint density at radius 3 is 2.54 bits per heavy atom. The number of nitrogens with one attached hydrogen (secondary N) is 1. The Hall–Kier alpha value is -2.93. The highest BCUT2D eigenvalue weighted by atomic mass is 32.1. The van der Waals surface area contributed by atoms with E-state index in [-0.39, 0.29) is 17.8 Å². The first-order valence-corrected chi connectivity index (χ1v) is 7.99. The standard InChI is InChI=1S/C17H15N3O3S/c1-22-16-13(10-18-17(20-16)23-2)19-15(21)12-7-5-11(6-8-12)14-4-3-9-24-14/h3-10H,1-2H3,(H,19,21). The summed E-state index contributed by atoms with van der Waals surface area (Å²) in [5, 5.41) is 4.76. The third-order valence-electron chi connectivity index (χ3n) is 3.31. The van der Waals surface area contributed by atoms with Gasteiger partial charge in [0.1, 0.15) is 5.69 Å². The van der Waals surface area contributed by atoms with Gasteiger partial charge >= 0.3 is 6.01 Å². The van der Waals surface area contributed by atoms with Gasteiger partial charge in [0.05, 0.1) is 20.4 Å². The topological polar surface area (TPSA) is 73.3 Å². The number of carbonyl (C=O) groups excluding carboxylic acids is 1. The predicted molar refractivity (Wildman–Crippen MR) is 92.8 cm³/mol. The van der Waals surface area contributed by atoms with Crippen LogP contribution < -0.4 is 14.8 Å². The molecule has 0 aliphatic carbocycles. The van der Waals surface area contributed by atoms with Gasteiger partial charge in [0.25, 0.3) is 5.91 Å². The van der Waals surface area contributed by atoms with Crippen molar-refractivity contribution in [3.63, 3.8) is 0 Å². The number of hydrogen-bond donors (Lipinski definition) is 1. The van der Waals surface area contributed by atoms with Gasteiger partial charge in [-0.25, -0.2) is 4.98 Å². The Morgan fingerprint density at radius 1 is 1.12 bits per heavy atom. The molecule has 3 aromatic rings. The molecule has 0 saturated heterocycles. The minimum Gasteiger partial charge on any atom is -0.479 e. The second-order valence-electron chi connectivity index (χ2n) is 4.79. The highest BCUT2D eigenvalue weighted by molar-refractivity contribution is 7.13. The van der Waals surface area contributed by atoms with Crippen molar-refractivity contribution in [1.82, 2.24) is 9.97 Å². The van der Waals surface area contributed by atoms with Crippen molar-refractivity contribution in [3.8, 4) is 22.3 Å². The van der Waals surface area contributed by atoms with Gasteiger partial charge in [-0.05, 0) is 29.1 Å². The lowest BCUT2D eigenvalue weighted by Crippen LogP contribution is -2.13. The van der Waals surface area contributed by atoms with Crippen LogP contribution in [0.15, 0.2) is 48.0 Å². The van der Waals surface area contributed by atoms with Crippen molar-refractivity contribution in [2.75, 3.05) is 19.5 Å². The maximum Gasteiger partial charge on any atom is 0.319 e. The summed E-state index contributed by atoms with van der Waals surface area (Å²) in [7, 11) is 2.93. The van der Waals surface area contributed by atoms with E-state index in [0.29, 0.717) is 11.3 Å². The molecule has 0 bridgehead atoms. The fourth-order valence-electron chi connectivity index (χ4n) is 2.11. The van der Waals surface area contributed by atoms with E-state index in [2.05, 4.69) is 15.3 Å². The number of thiophene rings is 1. The first-order valence-electron chi connectivity index (χ1n) is 7.11. The van der Waals surface area contributed by atoms with Gasteiger partial charge in [-0.15, -0.1) is 11.3 Å².